The second kappa shape index (κ2) is 12.4. The van der Waals surface area contributed by atoms with Crippen LogP contribution in [0.4, 0.5) is 5.69 Å². The van der Waals surface area contributed by atoms with E-state index in [0.717, 1.165) is 11.8 Å². The Morgan fingerprint density at radius 2 is 1.79 bits per heavy atom. The fourth-order valence-electron chi connectivity index (χ4n) is 3.75. The second-order valence-corrected chi connectivity index (χ2v) is 10.8. The highest BCUT2D eigenvalue weighted by atomic mass is 35.5. The third-order valence-electron chi connectivity index (χ3n) is 5.52. The number of aryl methyl sites for hydroxylation is 1. The molecule has 0 aliphatic rings. The molecule has 1 unspecified atom stereocenters. The molecule has 34 heavy (non-hydrogen) atoms. The molecule has 7 nitrogen and oxygen atoms in total. The number of benzene rings is 2. The predicted octanol–water partition coefficient (Wildman–Crippen LogP) is 4.40. The SMILES string of the molecule is CCC(C(=O)NC)N(Cc1ccc(Cl)cc1Cl)C(=O)CCCN(c1ccccc1C)S(C)(=O)=O. The number of nitrogens with zero attached hydrogens (tertiary/aromatic N) is 2. The van der Waals surface area contributed by atoms with E-state index in [-0.39, 0.29) is 37.7 Å². The first-order valence-electron chi connectivity index (χ1n) is 11.0. The molecule has 0 saturated carbocycles. The summed E-state index contributed by atoms with van der Waals surface area (Å²) in [5.41, 5.74) is 2.07. The lowest BCUT2D eigenvalue weighted by Crippen LogP contribution is -2.48. The van der Waals surface area contributed by atoms with Crippen molar-refractivity contribution < 1.29 is 18.0 Å². The normalized spacial score (nSPS) is 12.2. The van der Waals surface area contributed by atoms with Crippen molar-refractivity contribution in [3.63, 3.8) is 0 Å². The van der Waals surface area contributed by atoms with E-state index in [4.69, 9.17) is 23.2 Å². The lowest BCUT2D eigenvalue weighted by Gasteiger charge is -2.31. The zero-order chi connectivity index (χ0) is 25.5. The van der Waals surface area contributed by atoms with Gasteiger partial charge >= 0.3 is 0 Å². The van der Waals surface area contributed by atoms with Gasteiger partial charge in [-0.2, -0.15) is 0 Å². The van der Waals surface area contributed by atoms with Crippen molar-refractivity contribution in [2.45, 2.75) is 45.7 Å². The zero-order valence-corrected chi connectivity index (χ0v) is 22.2. The highest BCUT2D eigenvalue weighted by molar-refractivity contribution is 7.92. The fourth-order valence-corrected chi connectivity index (χ4v) is 5.24. The van der Waals surface area contributed by atoms with Crippen LogP contribution in [-0.2, 0) is 26.2 Å². The van der Waals surface area contributed by atoms with Crippen LogP contribution >= 0.6 is 23.2 Å². The maximum Gasteiger partial charge on any atom is 0.242 e. The largest absolute Gasteiger partial charge is 0.357 e. The van der Waals surface area contributed by atoms with Gasteiger partial charge in [-0.05, 0) is 49.1 Å². The van der Waals surface area contributed by atoms with Gasteiger partial charge in [-0.1, -0.05) is 54.4 Å². The highest BCUT2D eigenvalue weighted by Crippen LogP contribution is 2.25. The Kier molecular flexibility index (Phi) is 10.2. The standard InChI is InChI=1S/C24H31Cl2N3O4S/c1-5-21(24(31)27-3)28(16-18-12-13-19(25)15-20(18)26)23(30)11-8-14-29(34(4,32)33)22-10-7-6-9-17(22)2/h6-7,9-10,12-13,15,21H,5,8,11,14,16H2,1-4H3,(H,27,31). The molecule has 0 radical (unpaired) electrons. The number of anilines is 1. The van der Waals surface area contributed by atoms with E-state index in [0.29, 0.717) is 27.7 Å². The Labute approximate surface area is 212 Å². The number of likely N-dealkylation sites (N-methyl/N-ethyl adjacent to an activating group) is 1. The first kappa shape index (κ1) is 28.0. The molecule has 0 bridgehead atoms. The van der Waals surface area contributed by atoms with E-state index in [2.05, 4.69) is 5.32 Å². The van der Waals surface area contributed by atoms with Gasteiger partial charge in [-0.15, -0.1) is 0 Å². The molecule has 1 atom stereocenters. The molecule has 0 aliphatic carbocycles. The van der Waals surface area contributed by atoms with Crippen molar-refractivity contribution in [2.24, 2.45) is 0 Å². The highest BCUT2D eigenvalue weighted by Gasteiger charge is 2.29. The van der Waals surface area contributed by atoms with Crippen molar-refractivity contribution >= 4 is 50.7 Å². The van der Waals surface area contributed by atoms with Crippen LogP contribution in [-0.4, -0.2) is 51.0 Å². The molecule has 10 heteroatoms. The third-order valence-corrected chi connectivity index (χ3v) is 7.29. The van der Waals surface area contributed by atoms with Gasteiger partial charge in [0.15, 0.2) is 0 Å². The van der Waals surface area contributed by atoms with E-state index in [1.165, 1.54) is 16.3 Å². The van der Waals surface area contributed by atoms with Crippen LogP contribution in [0.15, 0.2) is 42.5 Å². The molecule has 0 spiro atoms. The van der Waals surface area contributed by atoms with Gasteiger partial charge < -0.3 is 10.2 Å². The van der Waals surface area contributed by atoms with E-state index < -0.39 is 16.1 Å². The molecule has 0 fully saturated rings. The number of para-hydroxylation sites is 1. The van der Waals surface area contributed by atoms with E-state index in [1.54, 1.807) is 30.3 Å². The number of hydrogen-bond acceptors (Lipinski definition) is 4. The predicted molar refractivity (Wildman–Crippen MR) is 138 cm³/mol. The number of sulfonamides is 1. The van der Waals surface area contributed by atoms with Gasteiger partial charge in [0.2, 0.25) is 21.8 Å². The van der Waals surface area contributed by atoms with E-state index >= 15 is 0 Å². The molecular weight excluding hydrogens is 497 g/mol. The van der Waals surface area contributed by atoms with Crippen molar-refractivity contribution in [3.05, 3.63) is 63.6 Å². The van der Waals surface area contributed by atoms with E-state index in [1.807, 2.05) is 26.0 Å². The maximum absolute atomic E-state index is 13.3. The summed E-state index contributed by atoms with van der Waals surface area (Å²) in [5.74, 6) is -0.543. The molecule has 0 saturated heterocycles. The molecule has 0 aromatic heterocycles. The van der Waals surface area contributed by atoms with Crippen LogP contribution in [0, 0.1) is 6.92 Å². The van der Waals surface area contributed by atoms with Crippen LogP contribution in [0.1, 0.15) is 37.3 Å². The quantitative estimate of drug-likeness (QED) is 0.469. The minimum Gasteiger partial charge on any atom is -0.357 e. The second-order valence-electron chi connectivity index (χ2n) is 8.02. The first-order valence-corrected chi connectivity index (χ1v) is 13.6. The van der Waals surface area contributed by atoms with Crippen LogP contribution in [0.5, 0.6) is 0 Å². The summed E-state index contributed by atoms with van der Waals surface area (Å²) in [7, 11) is -2.02. The molecule has 0 aliphatic heterocycles. The summed E-state index contributed by atoms with van der Waals surface area (Å²) in [4.78, 5) is 27.3. The van der Waals surface area contributed by atoms with Crippen molar-refractivity contribution in [3.8, 4) is 0 Å². The van der Waals surface area contributed by atoms with Gasteiger partial charge in [0, 0.05) is 36.6 Å². The summed E-state index contributed by atoms with van der Waals surface area (Å²) in [6.45, 7) is 3.94. The lowest BCUT2D eigenvalue weighted by molar-refractivity contribution is -0.141. The maximum atomic E-state index is 13.3. The average molecular weight is 529 g/mol. The Hall–Kier alpha value is -2.29. The van der Waals surface area contributed by atoms with Crippen molar-refractivity contribution in [1.82, 2.24) is 10.2 Å². The van der Waals surface area contributed by atoms with Crippen LogP contribution < -0.4 is 9.62 Å². The smallest absolute Gasteiger partial charge is 0.242 e. The Bertz CT molecular complexity index is 1120. The monoisotopic (exact) mass is 527 g/mol. The van der Waals surface area contributed by atoms with Gasteiger partial charge in [0.25, 0.3) is 0 Å². The number of amides is 2. The van der Waals surface area contributed by atoms with Crippen LogP contribution in [0.3, 0.4) is 0 Å². The number of carbonyl (C=O) groups excluding carboxylic acids is 2. The van der Waals surface area contributed by atoms with Gasteiger partial charge in [0.05, 0.1) is 11.9 Å². The fraction of sp³-hybridized carbons (Fsp3) is 0.417. The molecule has 1 N–H and O–H groups in total. The molecule has 2 aromatic rings. The first-order chi connectivity index (χ1) is 16.0. The summed E-state index contributed by atoms with van der Waals surface area (Å²) in [5, 5.41) is 3.49. The summed E-state index contributed by atoms with van der Waals surface area (Å²) < 4.78 is 26.2. The van der Waals surface area contributed by atoms with Crippen molar-refractivity contribution in [2.75, 3.05) is 24.2 Å². The van der Waals surface area contributed by atoms with E-state index in [9.17, 15) is 18.0 Å². The number of nitrogens with one attached hydrogen (secondary N) is 1. The molecule has 0 heterocycles. The van der Waals surface area contributed by atoms with Gasteiger partial charge in [-0.3, -0.25) is 13.9 Å². The minimum absolute atomic E-state index is 0.0661. The Morgan fingerprint density at radius 1 is 1.12 bits per heavy atom. The zero-order valence-electron chi connectivity index (χ0n) is 19.8. The number of hydrogen-bond donors (Lipinski definition) is 1. The number of halogens is 2. The number of rotatable bonds is 11. The molecule has 2 amide bonds. The lowest BCUT2D eigenvalue weighted by atomic mass is 10.1. The summed E-state index contributed by atoms with van der Waals surface area (Å²) >= 11 is 12.3. The van der Waals surface area contributed by atoms with Gasteiger partial charge in [-0.25, -0.2) is 8.42 Å². The average Bonchev–Trinajstić information content (AvgIpc) is 2.77. The summed E-state index contributed by atoms with van der Waals surface area (Å²) in [6, 6.07) is 11.5. The molecule has 186 valence electrons. The van der Waals surface area contributed by atoms with Crippen LogP contribution in [0.25, 0.3) is 0 Å². The van der Waals surface area contributed by atoms with Gasteiger partial charge in [0.1, 0.15) is 6.04 Å². The molecule has 2 aromatic carbocycles. The third kappa shape index (κ3) is 7.35. The molecule has 2 rings (SSSR count). The summed E-state index contributed by atoms with van der Waals surface area (Å²) in [6.07, 6.45) is 1.91. The van der Waals surface area contributed by atoms with Crippen molar-refractivity contribution in [1.29, 1.82) is 0 Å². The molecular formula is C24H31Cl2N3O4S. The topological polar surface area (TPSA) is 86.8 Å². The Balaban J connectivity index is 2.23. The minimum atomic E-state index is -3.54. The van der Waals surface area contributed by atoms with Crippen LogP contribution in [0.2, 0.25) is 10.0 Å². The Morgan fingerprint density at radius 3 is 2.35 bits per heavy atom. The number of carbonyl (C=O) groups is 2.